The van der Waals surface area contributed by atoms with Crippen molar-refractivity contribution >= 4 is 11.9 Å². The second-order valence-corrected chi connectivity index (χ2v) is 5.92. The normalized spacial score (nSPS) is 13.6. The highest BCUT2D eigenvalue weighted by molar-refractivity contribution is 5.54. The van der Waals surface area contributed by atoms with Gasteiger partial charge in [0.1, 0.15) is 17.4 Å². The number of pyridine rings is 1. The van der Waals surface area contributed by atoms with E-state index in [-0.39, 0.29) is 23.5 Å². The summed E-state index contributed by atoms with van der Waals surface area (Å²) in [6, 6.07) is 0.941. The van der Waals surface area contributed by atoms with Gasteiger partial charge in [-0.3, -0.25) is 0 Å². The summed E-state index contributed by atoms with van der Waals surface area (Å²) in [5.41, 5.74) is -1.42. The highest BCUT2D eigenvalue weighted by Crippen LogP contribution is 2.29. The number of nitrogens with one attached hydrogen (secondary N) is 2. The van der Waals surface area contributed by atoms with Crippen LogP contribution in [0.1, 0.15) is 26.5 Å². The maximum Gasteiger partial charge on any atom is 0.433 e. The highest BCUT2D eigenvalue weighted by atomic mass is 19.4. The molecule has 0 amide bonds. The van der Waals surface area contributed by atoms with Crippen molar-refractivity contribution in [3.05, 3.63) is 23.9 Å². The maximum atomic E-state index is 12.9. The zero-order valence-corrected chi connectivity index (χ0v) is 14.4. The third-order valence-corrected chi connectivity index (χ3v) is 3.16. The first-order valence-corrected chi connectivity index (χ1v) is 7.76. The Morgan fingerprint density at radius 3 is 1.93 bits per heavy atom. The van der Waals surface area contributed by atoms with Crippen LogP contribution in [0.15, 0.2) is 18.2 Å². The molecular weight excluding hydrogens is 378 g/mol. The van der Waals surface area contributed by atoms with E-state index in [4.69, 9.17) is 0 Å². The molecule has 0 saturated carbocycles. The predicted molar refractivity (Wildman–Crippen MR) is 86.0 cm³/mol. The summed E-state index contributed by atoms with van der Waals surface area (Å²) in [5.74, 6) is -0.825. The van der Waals surface area contributed by atoms with Gasteiger partial charge in [-0.25, -0.2) is 4.98 Å². The van der Waals surface area contributed by atoms with Gasteiger partial charge in [0.2, 0.25) is 11.9 Å². The molecule has 148 valence electrons. The zero-order chi connectivity index (χ0) is 20.4. The fraction of sp³-hybridized carbons (Fsp3) is 0.467. The molecule has 0 aliphatic carbocycles. The summed E-state index contributed by atoms with van der Waals surface area (Å²) in [7, 11) is 0. The topological polar surface area (TPSA) is 75.6 Å². The van der Waals surface area contributed by atoms with Crippen molar-refractivity contribution in [2.75, 3.05) is 10.6 Å². The first-order valence-electron chi connectivity index (χ1n) is 7.76. The molecule has 0 aromatic carbocycles. The van der Waals surface area contributed by atoms with E-state index in [1.807, 2.05) is 0 Å². The lowest BCUT2D eigenvalue weighted by Gasteiger charge is -2.18. The van der Waals surface area contributed by atoms with Gasteiger partial charge in [-0.05, 0) is 32.9 Å². The largest absolute Gasteiger partial charge is 0.433 e. The predicted octanol–water partition coefficient (Wildman–Crippen LogP) is 4.14. The van der Waals surface area contributed by atoms with Crippen LogP contribution in [0.2, 0.25) is 0 Å². The SMILES string of the molecule is CC(C)Nc1nc(N[C@@H](C)C(F)(F)F)nc(-c2cccc(C(F)(F)F)n2)n1. The Morgan fingerprint density at radius 2 is 1.41 bits per heavy atom. The Kier molecular flexibility index (Phi) is 5.76. The molecule has 0 saturated heterocycles. The third-order valence-electron chi connectivity index (χ3n) is 3.16. The van der Waals surface area contributed by atoms with E-state index in [0.717, 1.165) is 19.1 Å². The van der Waals surface area contributed by atoms with Gasteiger partial charge in [0.25, 0.3) is 0 Å². The van der Waals surface area contributed by atoms with Crippen LogP contribution < -0.4 is 10.6 Å². The van der Waals surface area contributed by atoms with Gasteiger partial charge in [-0.2, -0.15) is 41.3 Å². The molecule has 0 aliphatic rings. The first kappa shape index (κ1) is 20.6. The van der Waals surface area contributed by atoms with Crippen LogP contribution in [0.5, 0.6) is 0 Å². The van der Waals surface area contributed by atoms with Crippen molar-refractivity contribution in [3.63, 3.8) is 0 Å². The van der Waals surface area contributed by atoms with Crippen molar-refractivity contribution in [1.82, 2.24) is 19.9 Å². The van der Waals surface area contributed by atoms with Gasteiger partial charge in [0.05, 0.1) is 0 Å². The maximum absolute atomic E-state index is 12.9. The Hall–Kier alpha value is -2.66. The minimum atomic E-state index is -4.69. The average Bonchev–Trinajstić information content (AvgIpc) is 2.52. The first-order chi connectivity index (χ1) is 12.4. The summed E-state index contributed by atoms with van der Waals surface area (Å²) in [6.07, 6.45) is -9.25. The van der Waals surface area contributed by atoms with E-state index in [1.54, 1.807) is 13.8 Å². The summed E-state index contributed by atoms with van der Waals surface area (Å²) < 4.78 is 76.9. The molecular formula is C15H16F6N6. The monoisotopic (exact) mass is 394 g/mol. The molecule has 0 bridgehead atoms. The summed E-state index contributed by atoms with van der Waals surface area (Å²) >= 11 is 0. The molecule has 1 atom stereocenters. The minimum Gasteiger partial charge on any atom is -0.352 e. The number of aromatic nitrogens is 4. The van der Waals surface area contributed by atoms with E-state index < -0.39 is 30.0 Å². The molecule has 0 aliphatic heterocycles. The number of hydrogen-bond donors (Lipinski definition) is 2. The minimum absolute atomic E-state index is 0.0916. The van der Waals surface area contributed by atoms with E-state index in [1.165, 1.54) is 6.07 Å². The fourth-order valence-corrected chi connectivity index (χ4v) is 1.87. The van der Waals surface area contributed by atoms with Crippen LogP contribution >= 0.6 is 0 Å². The Morgan fingerprint density at radius 1 is 0.815 bits per heavy atom. The summed E-state index contributed by atoms with van der Waals surface area (Å²) in [5, 5.41) is 4.85. The Balaban J connectivity index is 2.48. The molecule has 6 nitrogen and oxygen atoms in total. The molecule has 0 spiro atoms. The van der Waals surface area contributed by atoms with Crippen LogP contribution in [0, 0.1) is 0 Å². The van der Waals surface area contributed by atoms with Gasteiger partial charge < -0.3 is 10.6 Å². The Bertz CT molecular complexity index is 789. The van der Waals surface area contributed by atoms with Gasteiger partial charge in [0, 0.05) is 6.04 Å². The van der Waals surface area contributed by atoms with Gasteiger partial charge in [-0.1, -0.05) is 6.07 Å². The van der Waals surface area contributed by atoms with Crippen molar-refractivity contribution in [2.24, 2.45) is 0 Å². The molecule has 2 aromatic rings. The van der Waals surface area contributed by atoms with Crippen LogP contribution in [-0.4, -0.2) is 38.2 Å². The fourth-order valence-electron chi connectivity index (χ4n) is 1.87. The van der Waals surface area contributed by atoms with Crippen LogP contribution in [-0.2, 0) is 6.18 Å². The number of rotatable bonds is 5. The van der Waals surface area contributed by atoms with Crippen molar-refractivity contribution < 1.29 is 26.3 Å². The molecule has 0 radical (unpaired) electrons. The zero-order valence-electron chi connectivity index (χ0n) is 14.4. The number of alkyl halides is 6. The smallest absolute Gasteiger partial charge is 0.352 e. The van der Waals surface area contributed by atoms with Crippen molar-refractivity contribution in [3.8, 4) is 11.5 Å². The lowest BCUT2D eigenvalue weighted by molar-refractivity contribution is -0.141. The van der Waals surface area contributed by atoms with E-state index in [9.17, 15) is 26.3 Å². The number of halogens is 6. The van der Waals surface area contributed by atoms with Crippen LogP contribution in [0.25, 0.3) is 11.5 Å². The number of hydrogen-bond acceptors (Lipinski definition) is 6. The van der Waals surface area contributed by atoms with Crippen LogP contribution in [0.3, 0.4) is 0 Å². The van der Waals surface area contributed by atoms with Gasteiger partial charge >= 0.3 is 12.4 Å². The van der Waals surface area contributed by atoms with Gasteiger partial charge in [0.15, 0.2) is 5.82 Å². The van der Waals surface area contributed by atoms with E-state index in [2.05, 4.69) is 30.6 Å². The van der Waals surface area contributed by atoms with E-state index in [0.29, 0.717) is 0 Å². The molecule has 2 rings (SSSR count). The molecule has 27 heavy (non-hydrogen) atoms. The van der Waals surface area contributed by atoms with Crippen molar-refractivity contribution in [2.45, 2.75) is 45.2 Å². The average molecular weight is 394 g/mol. The van der Waals surface area contributed by atoms with Crippen molar-refractivity contribution in [1.29, 1.82) is 0 Å². The van der Waals surface area contributed by atoms with Crippen LogP contribution in [0.4, 0.5) is 38.2 Å². The second kappa shape index (κ2) is 7.53. The van der Waals surface area contributed by atoms with Gasteiger partial charge in [-0.15, -0.1) is 0 Å². The summed E-state index contributed by atoms with van der Waals surface area (Å²) in [6.45, 7) is 4.33. The molecule has 2 aromatic heterocycles. The molecule has 12 heteroatoms. The molecule has 2 heterocycles. The number of anilines is 2. The second-order valence-electron chi connectivity index (χ2n) is 5.92. The number of nitrogens with zero attached hydrogens (tertiary/aromatic N) is 4. The van der Waals surface area contributed by atoms with E-state index >= 15 is 0 Å². The quantitative estimate of drug-likeness (QED) is 0.743. The molecule has 0 unspecified atom stereocenters. The molecule has 0 fully saturated rings. The third kappa shape index (κ3) is 5.66. The standard InChI is InChI=1S/C15H16F6N6/c1-7(2)22-12-25-11(9-5-4-6-10(24-9)15(19,20)21)26-13(27-12)23-8(3)14(16,17)18/h4-8H,1-3H3,(H2,22,23,25,26,27)/t8-/m0/s1. The Labute approximate surface area is 150 Å². The highest BCUT2D eigenvalue weighted by Gasteiger charge is 2.37. The molecule has 2 N–H and O–H groups in total. The lowest BCUT2D eigenvalue weighted by atomic mass is 10.3. The summed E-state index contributed by atoms with van der Waals surface area (Å²) in [4.78, 5) is 15.0. The lowest BCUT2D eigenvalue weighted by Crippen LogP contribution is -2.34.